The van der Waals surface area contributed by atoms with Crippen LogP contribution in [-0.4, -0.2) is 79.9 Å². The molecule has 11 heteroatoms. The van der Waals surface area contributed by atoms with Gasteiger partial charge in [0.05, 0.1) is 38.7 Å². The first-order chi connectivity index (χ1) is 22.1. The maximum atomic E-state index is 14.0. The Morgan fingerprint density at radius 1 is 1.09 bits per heavy atom. The van der Waals surface area contributed by atoms with Crippen LogP contribution in [0, 0.1) is 5.92 Å². The van der Waals surface area contributed by atoms with Gasteiger partial charge in [0.25, 0.3) is 0 Å². The third-order valence-electron chi connectivity index (χ3n) is 9.89. The Hall–Kier alpha value is -3.44. The summed E-state index contributed by atoms with van der Waals surface area (Å²) in [4.78, 5) is 42.1. The number of methoxy groups -OCH3 is 3. The zero-order valence-corrected chi connectivity index (χ0v) is 28.4. The molecule has 3 aliphatic rings. The number of nitrogens with one attached hydrogen (secondary N) is 2. The molecule has 10 nitrogen and oxygen atoms in total. The molecule has 1 saturated heterocycles. The number of benzene rings is 1. The van der Waals surface area contributed by atoms with E-state index in [-0.39, 0.29) is 23.2 Å². The first-order valence-corrected chi connectivity index (χ1v) is 17.6. The van der Waals surface area contributed by atoms with Crippen LogP contribution in [0.3, 0.4) is 0 Å². The number of hydrogen-bond donors (Lipinski definition) is 3. The molecular weight excluding hydrogens is 606 g/mol. The number of anilines is 1. The number of piperidine rings is 1. The van der Waals surface area contributed by atoms with E-state index >= 15 is 0 Å². The van der Waals surface area contributed by atoms with Gasteiger partial charge in [-0.1, -0.05) is 18.9 Å². The molecule has 0 spiro atoms. The molecular formula is C35H47N3O7S. The highest BCUT2D eigenvalue weighted by Gasteiger charge is 2.44. The fourth-order valence-corrected chi connectivity index (χ4v) is 7.97. The summed E-state index contributed by atoms with van der Waals surface area (Å²) in [5.74, 6) is 2.03. The second-order valence-corrected chi connectivity index (χ2v) is 13.6. The number of carbonyl (C=O) groups is 2. The summed E-state index contributed by atoms with van der Waals surface area (Å²) in [6, 6.07) is 6.06. The van der Waals surface area contributed by atoms with Crippen LogP contribution in [0.25, 0.3) is 11.1 Å². The summed E-state index contributed by atoms with van der Waals surface area (Å²) in [6.45, 7) is 2.51. The van der Waals surface area contributed by atoms with Crippen molar-refractivity contribution in [2.45, 2.75) is 76.0 Å². The van der Waals surface area contributed by atoms with E-state index < -0.39 is 17.7 Å². The van der Waals surface area contributed by atoms with Crippen molar-refractivity contribution in [1.82, 2.24) is 10.2 Å². The van der Waals surface area contributed by atoms with Gasteiger partial charge < -0.3 is 34.9 Å². The number of likely N-dealkylation sites (tertiary alicyclic amines) is 1. The number of amides is 2. The number of rotatable bonds is 10. The van der Waals surface area contributed by atoms with Crippen molar-refractivity contribution < 1.29 is 28.9 Å². The number of fused-ring (bicyclic) bond motifs is 4. The average molecular weight is 654 g/mol. The average Bonchev–Trinajstić information content (AvgIpc) is 3.29. The van der Waals surface area contributed by atoms with Gasteiger partial charge in [0, 0.05) is 31.5 Å². The highest BCUT2D eigenvalue weighted by atomic mass is 32.2. The molecule has 3 N–H and O–H groups in total. The monoisotopic (exact) mass is 653 g/mol. The molecule has 2 aliphatic carbocycles. The fraction of sp³-hybridized carbons (Fsp3) is 0.571. The molecule has 2 fully saturated rings. The summed E-state index contributed by atoms with van der Waals surface area (Å²) in [5.41, 5.74) is 2.46. The molecule has 2 aromatic rings. The van der Waals surface area contributed by atoms with Gasteiger partial charge >= 0.3 is 0 Å². The molecule has 250 valence electrons. The van der Waals surface area contributed by atoms with Crippen molar-refractivity contribution >= 4 is 29.3 Å². The summed E-state index contributed by atoms with van der Waals surface area (Å²) in [7, 11) is 4.69. The Kier molecular flexibility index (Phi) is 10.7. The van der Waals surface area contributed by atoms with Crippen molar-refractivity contribution in [3.05, 3.63) is 45.6 Å². The van der Waals surface area contributed by atoms with E-state index in [0.29, 0.717) is 67.3 Å². The van der Waals surface area contributed by atoms with Crippen molar-refractivity contribution in [2.24, 2.45) is 5.92 Å². The Bertz CT molecular complexity index is 1520. The number of aryl methyl sites for hydroxylation is 1. The molecule has 5 rings (SSSR count). The van der Waals surface area contributed by atoms with Gasteiger partial charge in [-0.05, 0) is 85.4 Å². The smallest absolute Gasteiger partial charge is 0.245 e. The van der Waals surface area contributed by atoms with E-state index in [2.05, 4.69) is 10.6 Å². The highest BCUT2D eigenvalue weighted by Crippen LogP contribution is 2.50. The first-order valence-electron chi connectivity index (χ1n) is 16.2. The summed E-state index contributed by atoms with van der Waals surface area (Å²) in [6.07, 6.45) is 8.10. The maximum Gasteiger partial charge on any atom is 0.245 e. The lowest BCUT2D eigenvalue weighted by Gasteiger charge is -2.48. The van der Waals surface area contributed by atoms with Crippen LogP contribution in [-0.2, 0) is 16.0 Å². The van der Waals surface area contributed by atoms with E-state index in [4.69, 9.17) is 14.2 Å². The van der Waals surface area contributed by atoms with Gasteiger partial charge in [0.2, 0.25) is 23.0 Å². The number of nitrogens with zero attached hydrogens (tertiary/aromatic N) is 1. The summed E-state index contributed by atoms with van der Waals surface area (Å²) in [5, 5.41) is 17.6. The van der Waals surface area contributed by atoms with Crippen LogP contribution in [0.5, 0.6) is 17.2 Å². The molecule has 46 heavy (non-hydrogen) atoms. The van der Waals surface area contributed by atoms with Crippen LogP contribution in [0.15, 0.2) is 29.1 Å². The van der Waals surface area contributed by atoms with Crippen LogP contribution in [0.1, 0.15) is 69.0 Å². The molecule has 2 aromatic carbocycles. The lowest BCUT2D eigenvalue weighted by Crippen LogP contribution is -2.57. The molecule has 1 heterocycles. The van der Waals surface area contributed by atoms with E-state index in [1.54, 1.807) is 45.2 Å². The van der Waals surface area contributed by atoms with Gasteiger partial charge in [-0.2, -0.15) is 11.8 Å². The molecule has 0 radical (unpaired) electrons. The van der Waals surface area contributed by atoms with Crippen molar-refractivity contribution in [3.8, 4) is 28.4 Å². The Morgan fingerprint density at radius 2 is 1.87 bits per heavy atom. The number of thioether (sulfide) groups is 1. The minimum atomic E-state index is -0.682. The zero-order chi connectivity index (χ0) is 33.0. The zero-order valence-electron chi connectivity index (χ0n) is 27.6. The third kappa shape index (κ3) is 6.81. The standard InChI is InChI=1S/C35H47N3O7S/c1-21(39)36-26-11-9-22-18-30(43-2)32(44-3)33(45-4)31(22)24-10-12-27(29(40)19-25(24)26)37-28(13-17-46-5)34(41)38-16-15-35(42)14-7-6-8-23(35)20-38/h10,12,18-19,23,26,28,42H,6-9,11,13-17,20H2,1-5H3,(H,36,39)(H,37,40)/t23-,26+,28+,35-/m1/s1. The van der Waals surface area contributed by atoms with Crippen molar-refractivity contribution in [2.75, 3.05) is 51.7 Å². The quantitative estimate of drug-likeness (QED) is 0.339. The second kappa shape index (κ2) is 14.5. The number of hydrogen-bond acceptors (Lipinski definition) is 9. The van der Waals surface area contributed by atoms with E-state index in [0.717, 1.165) is 48.1 Å². The molecule has 0 unspecified atom stereocenters. The number of carbonyl (C=O) groups excluding carboxylic acids is 2. The summed E-state index contributed by atoms with van der Waals surface area (Å²) >= 11 is 1.65. The van der Waals surface area contributed by atoms with Gasteiger partial charge in [-0.3, -0.25) is 14.4 Å². The summed E-state index contributed by atoms with van der Waals surface area (Å²) < 4.78 is 17.2. The van der Waals surface area contributed by atoms with Gasteiger partial charge in [-0.25, -0.2) is 0 Å². The van der Waals surface area contributed by atoms with E-state index in [1.165, 1.54) is 6.92 Å². The Labute approximate surface area is 275 Å². The van der Waals surface area contributed by atoms with E-state index in [1.807, 2.05) is 23.3 Å². The Balaban J connectivity index is 1.55. The highest BCUT2D eigenvalue weighted by molar-refractivity contribution is 7.98. The predicted molar refractivity (Wildman–Crippen MR) is 181 cm³/mol. The minimum absolute atomic E-state index is 0.0471. The molecule has 2 amide bonds. The number of aliphatic hydroxyl groups is 1. The maximum absolute atomic E-state index is 14.0. The molecule has 4 atom stereocenters. The molecule has 0 bridgehead atoms. The SMILES string of the molecule is COc1cc2c(c(OC)c1OC)-c1ccc(N[C@@H](CCSC)C(=O)N3CC[C@]4(O)CCCC[C@@H]4C3)c(=O)cc1[C@@H](NC(C)=O)CC2. The largest absolute Gasteiger partial charge is 0.493 e. The molecule has 1 aliphatic heterocycles. The molecule has 1 saturated carbocycles. The van der Waals surface area contributed by atoms with Gasteiger partial charge in [-0.15, -0.1) is 0 Å². The van der Waals surface area contributed by atoms with Crippen LogP contribution < -0.4 is 30.3 Å². The third-order valence-corrected chi connectivity index (χ3v) is 10.5. The molecule has 0 aromatic heterocycles. The van der Waals surface area contributed by atoms with E-state index in [9.17, 15) is 19.5 Å². The topological polar surface area (TPSA) is 126 Å². The lowest BCUT2D eigenvalue weighted by atomic mass is 9.71. The van der Waals surface area contributed by atoms with Gasteiger partial charge in [0.15, 0.2) is 11.5 Å². The van der Waals surface area contributed by atoms with Crippen molar-refractivity contribution in [3.63, 3.8) is 0 Å². The minimum Gasteiger partial charge on any atom is -0.493 e. The normalized spacial score (nSPS) is 22.7. The fourth-order valence-electron chi connectivity index (χ4n) is 7.50. The first kappa shape index (κ1) is 33.9. The van der Waals surface area contributed by atoms with Crippen LogP contribution >= 0.6 is 11.8 Å². The Morgan fingerprint density at radius 3 is 2.57 bits per heavy atom. The van der Waals surface area contributed by atoms with Crippen LogP contribution in [0.2, 0.25) is 0 Å². The van der Waals surface area contributed by atoms with Gasteiger partial charge in [0.1, 0.15) is 6.04 Å². The van der Waals surface area contributed by atoms with Crippen LogP contribution in [0.4, 0.5) is 5.69 Å². The predicted octanol–water partition coefficient (Wildman–Crippen LogP) is 4.55. The van der Waals surface area contributed by atoms with Crippen molar-refractivity contribution in [1.29, 1.82) is 0 Å². The lowest BCUT2D eigenvalue weighted by molar-refractivity contribution is -0.144. The number of ether oxygens (including phenoxy) is 3. The second-order valence-electron chi connectivity index (χ2n) is 12.7.